The number of anilines is 1. The number of benzene rings is 2. The Kier molecular flexibility index (Phi) is 5.92. The van der Waals surface area contributed by atoms with E-state index >= 15 is 0 Å². The van der Waals surface area contributed by atoms with Crippen LogP contribution in [0.5, 0.6) is 5.88 Å². The molecule has 1 aliphatic heterocycles. The second-order valence-electron chi connectivity index (χ2n) is 7.10. The van der Waals surface area contributed by atoms with Crippen LogP contribution in [0.2, 0.25) is 0 Å². The Bertz CT molecular complexity index is 1220. The maximum Gasteiger partial charge on any atom is 0.224 e. The van der Waals surface area contributed by atoms with E-state index in [-0.39, 0.29) is 11.8 Å². The monoisotopic (exact) mass is 435 g/mol. The number of aromatic nitrogens is 1. The van der Waals surface area contributed by atoms with Gasteiger partial charge in [-0.25, -0.2) is 0 Å². The molecule has 1 aliphatic rings. The third kappa shape index (κ3) is 4.42. The predicted octanol–water partition coefficient (Wildman–Crippen LogP) is 5.97. The minimum Gasteiger partial charge on any atom is -0.493 e. The van der Waals surface area contributed by atoms with Gasteiger partial charge in [0.1, 0.15) is 0 Å². The normalized spacial score (nSPS) is 13.6. The number of carbonyl (C=O) groups excluding carboxylic acids is 1. The number of thiazole rings is 1. The molecule has 0 atom stereocenters. The van der Waals surface area contributed by atoms with Crippen molar-refractivity contribution in [2.75, 3.05) is 5.32 Å². The first kappa shape index (κ1) is 20.3. The summed E-state index contributed by atoms with van der Waals surface area (Å²) in [6, 6.07) is 15.6. The van der Waals surface area contributed by atoms with E-state index in [1.807, 2.05) is 61.5 Å². The summed E-state index contributed by atoms with van der Waals surface area (Å²) in [4.78, 5) is 17.3. The van der Waals surface area contributed by atoms with Crippen molar-refractivity contribution in [2.24, 2.45) is 4.99 Å². The average molecular weight is 436 g/mol. The number of aromatic hydroxyl groups is 1. The summed E-state index contributed by atoms with van der Waals surface area (Å²) in [7, 11) is 0. The molecule has 7 heteroatoms. The third-order valence-electron chi connectivity index (χ3n) is 4.83. The van der Waals surface area contributed by atoms with E-state index in [1.165, 1.54) is 11.3 Å². The number of rotatable bonds is 6. The van der Waals surface area contributed by atoms with Crippen LogP contribution in [-0.2, 0) is 11.3 Å². The Morgan fingerprint density at radius 1 is 1.27 bits per heavy atom. The number of nitrogens with one attached hydrogen (secondary N) is 1. The van der Waals surface area contributed by atoms with Crippen LogP contribution in [0, 0.1) is 10.9 Å². The van der Waals surface area contributed by atoms with Gasteiger partial charge < -0.3 is 10.4 Å². The fraction of sp³-hybridized carbons (Fsp3) is 0.174. The quantitative estimate of drug-likeness (QED) is 0.469. The first-order chi connectivity index (χ1) is 14.5. The molecule has 2 aromatic carbocycles. The number of hydrogen-bond acceptors (Lipinski definition) is 5. The summed E-state index contributed by atoms with van der Waals surface area (Å²) >= 11 is 6.79. The topological polar surface area (TPSA) is 66.6 Å². The molecule has 0 fully saturated rings. The largest absolute Gasteiger partial charge is 0.493 e. The maximum atomic E-state index is 12.2. The van der Waals surface area contributed by atoms with Gasteiger partial charge in [0.2, 0.25) is 11.8 Å². The molecule has 2 N–H and O–H groups in total. The molecule has 4 rings (SSSR count). The summed E-state index contributed by atoms with van der Waals surface area (Å²) < 4.78 is 2.27. The number of para-hydroxylation sites is 1. The van der Waals surface area contributed by atoms with Crippen LogP contribution in [0.4, 0.5) is 11.4 Å². The Morgan fingerprint density at radius 3 is 2.93 bits per heavy atom. The number of allylic oxidation sites excluding steroid dienone is 1. The molecule has 1 amide bonds. The maximum absolute atomic E-state index is 12.2. The van der Waals surface area contributed by atoms with Crippen LogP contribution in [0.15, 0.2) is 53.5 Å². The second-order valence-corrected chi connectivity index (χ2v) is 8.78. The highest BCUT2D eigenvalue weighted by Crippen LogP contribution is 2.35. The number of aliphatic imine (C=N–C) groups is 1. The zero-order valence-corrected chi connectivity index (χ0v) is 18.1. The SMILES string of the molecule is Cc1cccc(NC(=O)CCCn2c(O)c(/C=C3/C=Nc4ccccc43)sc2=S)c1. The molecule has 0 bridgehead atoms. The lowest BCUT2D eigenvalue weighted by Crippen LogP contribution is -2.12. The summed E-state index contributed by atoms with van der Waals surface area (Å²) in [5, 5.41) is 13.6. The highest BCUT2D eigenvalue weighted by molar-refractivity contribution is 7.73. The van der Waals surface area contributed by atoms with Crippen LogP contribution >= 0.6 is 23.6 Å². The lowest BCUT2D eigenvalue weighted by Gasteiger charge is -2.07. The fourth-order valence-electron chi connectivity index (χ4n) is 3.34. The van der Waals surface area contributed by atoms with Crippen molar-refractivity contribution in [1.82, 2.24) is 4.57 Å². The highest BCUT2D eigenvalue weighted by atomic mass is 32.1. The van der Waals surface area contributed by atoms with E-state index in [0.29, 0.717) is 28.2 Å². The summed E-state index contributed by atoms with van der Waals surface area (Å²) in [6.07, 6.45) is 4.64. The van der Waals surface area contributed by atoms with Crippen molar-refractivity contribution in [2.45, 2.75) is 26.3 Å². The van der Waals surface area contributed by atoms with Gasteiger partial charge in [-0.2, -0.15) is 0 Å². The van der Waals surface area contributed by atoms with E-state index in [0.717, 1.165) is 28.1 Å². The molecule has 3 aromatic rings. The van der Waals surface area contributed by atoms with Crippen LogP contribution in [-0.4, -0.2) is 21.8 Å². The molecule has 1 aromatic heterocycles. The van der Waals surface area contributed by atoms with Gasteiger partial charge in [0.05, 0.1) is 10.6 Å². The third-order valence-corrected chi connectivity index (χ3v) is 6.21. The molecule has 2 heterocycles. The molecular weight excluding hydrogens is 414 g/mol. The highest BCUT2D eigenvalue weighted by Gasteiger charge is 2.15. The van der Waals surface area contributed by atoms with Crippen molar-refractivity contribution in [1.29, 1.82) is 0 Å². The lowest BCUT2D eigenvalue weighted by molar-refractivity contribution is -0.116. The summed E-state index contributed by atoms with van der Waals surface area (Å²) in [5.74, 6) is 0.0809. The lowest BCUT2D eigenvalue weighted by atomic mass is 10.1. The zero-order valence-electron chi connectivity index (χ0n) is 16.5. The molecule has 0 saturated heterocycles. The number of hydrogen-bond donors (Lipinski definition) is 2. The van der Waals surface area contributed by atoms with Crippen LogP contribution in [0.3, 0.4) is 0 Å². The Hall–Kier alpha value is -3.03. The molecule has 5 nitrogen and oxygen atoms in total. The number of amides is 1. The van der Waals surface area contributed by atoms with Gasteiger partial charge in [-0.1, -0.05) is 30.3 Å². The summed E-state index contributed by atoms with van der Waals surface area (Å²) in [6.45, 7) is 2.47. The van der Waals surface area contributed by atoms with Crippen LogP contribution in [0.25, 0.3) is 11.6 Å². The molecule has 30 heavy (non-hydrogen) atoms. The van der Waals surface area contributed by atoms with Crippen LogP contribution < -0.4 is 5.32 Å². The first-order valence-corrected chi connectivity index (χ1v) is 10.9. The molecule has 152 valence electrons. The van der Waals surface area contributed by atoms with E-state index in [1.54, 1.807) is 10.8 Å². The predicted molar refractivity (Wildman–Crippen MR) is 126 cm³/mol. The molecule has 0 unspecified atom stereocenters. The Labute approximate surface area is 184 Å². The smallest absolute Gasteiger partial charge is 0.224 e. The standard InChI is InChI=1S/C23H21N3O2S2/c1-15-6-4-7-17(12-15)25-21(27)10-5-11-26-22(28)20(30-23(26)29)13-16-14-24-19-9-3-2-8-18(16)19/h2-4,6-9,12-14,28H,5,10-11H2,1H3,(H,25,27)/b16-13-. The first-order valence-electron chi connectivity index (χ1n) is 9.65. The Balaban J connectivity index is 1.41. The van der Waals surface area contributed by atoms with Gasteiger partial charge in [0.25, 0.3) is 0 Å². The van der Waals surface area contributed by atoms with E-state index in [2.05, 4.69) is 10.3 Å². The van der Waals surface area contributed by atoms with Gasteiger partial charge >= 0.3 is 0 Å². The minimum atomic E-state index is -0.0528. The van der Waals surface area contributed by atoms with Gasteiger partial charge in [0.15, 0.2) is 3.95 Å². The van der Waals surface area contributed by atoms with E-state index in [4.69, 9.17) is 12.2 Å². The minimum absolute atomic E-state index is 0.0528. The number of carbonyl (C=O) groups is 1. The van der Waals surface area contributed by atoms with Gasteiger partial charge in [0, 0.05) is 36.0 Å². The second kappa shape index (κ2) is 8.77. The molecule has 0 radical (unpaired) electrons. The van der Waals surface area contributed by atoms with Crippen LogP contribution in [0.1, 0.15) is 28.8 Å². The molecule has 0 spiro atoms. The van der Waals surface area contributed by atoms with Crippen molar-refractivity contribution in [3.8, 4) is 5.88 Å². The van der Waals surface area contributed by atoms with Gasteiger partial charge in [-0.15, -0.1) is 11.3 Å². The molecule has 0 saturated carbocycles. The van der Waals surface area contributed by atoms with Crippen molar-refractivity contribution < 1.29 is 9.90 Å². The molecular formula is C23H21N3O2S2. The molecule has 0 aliphatic carbocycles. The number of fused-ring (bicyclic) bond motifs is 1. The zero-order chi connectivity index (χ0) is 21.1. The van der Waals surface area contributed by atoms with E-state index < -0.39 is 0 Å². The average Bonchev–Trinajstić information content (AvgIpc) is 3.24. The summed E-state index contributed by atoms with van der Waals surface area (Å²) in [5.41, 5.74) is 4.80. The van der Waals surface area contributed by atoms with Crippen molar-refractivity contribution in [3.63, 3.8) is 0 Å². The fourth-order valence-corrected chi connectivity index (χ4v) is 4.66. The van der Waals surface area contributed by atoms with Crippen molar-refractivity contribution in [3.05, 3.63) is 68.5 Å². The van der Waals surface area contributed by atoms with Crippen molar-refractivity contribution >= 4 is 58.7 Å². The van der Waals surface area contributed by atoms with Gasteiger partial charge in [-0.3, -0.25) is 14.4 Å². The Morgan fingerprint density at radius 2 is 2.10 bits per heavy atom. The van der Waals surface area contributed by atoms with E-state index in [9.17, 15) is 9.90 Å². The number of nitrogens with zero attached hydrogens (tertiary/aromatic N) is 2. The van der Waals surface area contributed by atoms with Gasteiger partial charge in [-0.05, 0) is 55.4 Å². The number of aryl methyl sites for hydroxylation is 1.